The quantitative estimate of drug-likeness (QED) is 0.793. The van der Waals surface area contributed by atoms with Crippen LogP contribution in [0.5, 0.6) is 0 Å². The Bertz CT molecular complexity index is 968. The molecule has 0 saturated heterocycles. The molecule has 1 aromatic heterocycles. The van der Waals surface area contributed by atoms with Gasteiger partial charge in [-0.15, -0.1) is 0 Å². The average molecular weight is 352 g/mol. The van der Waals surface area contributed by atoms with Gasteiger partial charge in [0.1, 0.15) is 11.6 Å². The molecule has 1 aromatic carbocycles. The third kappa shape index (κ3) is 2.36. The molecule has 2 aliphatic heterocycles. The summed E-state index contributed by atoms with van der Waals surface area (Å²) in [7, 11) is 0. The molecule has 6 heteroatoms. The Morgan fingerprint density at radius 2 is 1.96 bits per heavy atom. The fourth-order valence-corrected chi connectivity index (χ4v) is 3.81. The number of para-hydroxylation sites is 1. The Labute approximate surface area is 151 Å². The zero-order chi connectivity index (χ0) is 18.3. The van der Waals surface area contributed by atoms with E-state index < -0.39 is 17.9 Å². The molecular weight excluding hydrogens is 332 g/mol. The van der Waals surface area contributed by atoms with Crippen molar-refractivity contribution in [1.82, 2.24) is 4.57 Å². The first-order valence-corrected chi connectivity index (χ1v) is 8.91. The lowest BCUT2D eigenvalue weighted by Crippen LogP contribution is -2.34. The van der Waals surface area contributed by atoms with Crippen LogP contribution in [0.1, 0.15) is 37.4 Å². The Hall–Kier alpha value is -2.89. The number of aromatic nitrogens is 1. The molecule has 4 rings (SSSR count). The predicted molar refractivity (Wildman–Crippen MR) is 98.0 cm³/mol. The number of carbonyl (C=O) groups excluding carboxylic acids is 2. The second-order valence-electron chi connectivity index (χ2n) is 6.21. The lowest BCUT2D eigenvalue weighted by molar-refractivity contribution is -0.144. The van der Waals surface area contributed by atoms with E-state index in [1.165, 1.54) is 0 Å². The number of benzene rings is 1. The third-order valence-electron chi connectivity index (χ3n) is 4.75. The van der Waals surface area contributed by atoms with Gasteiger partial charge in [0, 0.05) is 23.0 Å². The highest BCUT2D eigenvalue weighted by Gasteiger charge is 2.42. The minimum atomic E-state index is -0.870. The monoisotopic (exact) mass is 352 g/mol. The van der Waals surface area contributed by atoms with Crippen molar-refractivity contribution in [2.45, 2.75) is 32.7 Å². The van der Waals surface area contributed by atoms with Crippen molar-refractivity contribution in [1.29, 1.82) is 0 Å². The fraction of sp³-hybridized carbons (Fsp3) is 0.350. The number of carbonyl (C=O) groups is 2. The first-order valence-electron chi connectivity index (χ1n) is 8.91. The van der Waals surface area contributed by atoms with Gasteiger partial charge >= 0.3 is 11.9 Å². The summed E-state index contributed by atoms with van der Waals surface area (Å²) in [6.07, 6.45) is 2.84. The van der Waals surface area contributed by atoms with Gasteiger partial charge in [0.15, 0.2) is 0 Å². The molecule has 0 radical (unpaired) electrons. The van der Waals surface area contributed by atoms with Crippen LogP contribution >= 0.6 is 0 Å². The molecule has 0 amide bonds. The van der Waals surface area contributed by atoms with E-state index in [4.69, 9.17) is 9.47 Å². The molecule has 1 unspecified atom stereocenters. The van der Waals surface area contributed by atoms with Crippen molar-refractivity contribution in [3.05, 3.63) is 41.6 Å². The Kier molecular flexibility index (Phi) is 4.11. The maximum Gasteiger partial charge on any atom is 0.353 e. The van der Waals surface area contributed by atoms with Gasteiger partial charge in [0.25, 0.3) is 0 Å². The summed E-state index contributed by atoms with van der Waals surface area (Å²) in [4.78, 5) is 29.9. The molecule has 0 fully saturated rings. The van der Waals surface area contributed by atoms with Crippen LogP contribution in [0.2, 0.25) is 0 Å². The van der Waals surface area contributed by atoms with Crippen LogP contribution in [-0.4, -0.2) is 35.4 Å². The first-order chi connectivity index (χ1) is 12.7. The summed E-state index contributed by atoms with van der Waals surface area (Å²) in [5, 5.41) is 0.949. The minimum absolute atomic E-state index is 0.105. The highest BCUT2D eigenvalue weighted by atomic mass is 16.5. The van der Waals surface area contributed by atoms with Crippen LogP contribution < -0.4 is 0 Å². The van der Waals surface area contributed by atoms with Crippen LogP contribution in [0.3, 0.4) is 0 Å². The standard InChI is InChI=1S/C20H20N2O4/c1-3-25-19(23)16-15-12-8-5-6-10-14(12)22-11-7-9-13(18(15)22)21-17(16)20(24)26-4-2/h5-6,8-10,16H,3-4,7,11H2,1-2H3. The maximum absolute atomic E-state index is 12.8. The molecule has 0 spiro atoms. The Morgan fingerprint density at radius 1 is 1.19 bits per heavy atom. The number of hydrogen-bond acceptors (Lipinski definition) is 5. The van der Waals surface area contributed by atoms with Crippen LogP contribution in [-0.2, 0) is 25.6 Å². The summed E-state index contributed by atoms with van der Waals surface area (Å²) >= 11 is 0. The average Bonchev–Trinajstić information content (AvgIpc) is 2.98. The number of aryl methyl sites for hydroxylation is 1. The topological polar surface area (TPSA) is 69.9 Å². The van der Waals surface area contributed by atoms with E-state index in [2.05, 4.69) is 9.56 Å². The van der Waals surface area contributed by atoms with Gasteiger partial charge in [0.2, 0.25) is 0 Å². The minimum Gasteiger partial charge on any atom is -0.465 e. The SMILES string of the molecule is CCOC(=O)C1=NC2=CCCn3c2c(c2ccccc23)C1C(=O)OCC. The lowest BCUT2D eigenvalue weighted by atomic mass is 9.87. The van der Waals surface area contributed by atoms with Crippen LogP contribution in [0, 0.1) is 0 Å². The fourth-order valence-electron chi connectivity index (χ4n) is 3.81. The Balaban J connectivity index is 2.00. The number of allylic oxidation sites excluding steroid dienone is 1. The van der Waals surface area contributed by atoms with Crippen molar-refractivity contribution < 1.29 is 19.1 Å². The van der Waals surface area contributed by atoms with Crippen molar-refractivity contribution in [2.75, 3.05) is 13.2 Å². The summed E-state index contributed by atoms with van der Waals surface area (Å²) < 4.78 is 12.6. The van der Waals surface area contributed by atoms with Gasteiger partial charge in [0.05, 0.1) is 24.6 Å². The van der Waals surface area contributed by atoms with Crippen molar-refractivity contribution in [3.8, 4) is 0 Å². The Morgan fingerprint density at radius 3 is 2.73 bits per heavy atom. The van der Waals surface area contributed by atoms with E-state index in [1.54, 1.807) is 13.8 Å². The number of esters is 2. The van der Waals surface area contributed by atoms with Gasteiger partial charge in [-0.1, -0.05) is 24.3 Å². The van der Waals surface area contributed by atoms with Crippen molar-refractivity contribution in [3.63, 3.8) is 0 Å². The highest BCUT2D eigenvalue weighted by Crippen LogP contribution is 2.43. The zero-order valence-corrected chi connectivity index (χ0v) is 14.8. The first kappa shape index (κ1) is 16.6. The highest BCUT2D eigenvalue weighted by molar-refractivity contribution is 6.44. The largest absolute Gasteiger partial charge is 0.465 e. The number of hydrogen-bond donors (Lipinski definition) is 0. The van der Waals surface area contributed by atoms with Gasteiger partial charge in [-0.25, -0.2) is 9.79 Å². The summed E-state index contributed by atoms with van der Waals surface area (Å²) in [5.41, 5.74) is 3.57. The second kappa shape index (κ2) is 6.44. The van der Waals surface area contributed by atoms with Gasteiger partial charge in [-0.2, -0.15) is 0 Å². The van der Waals surface area contributed by atoms with Gasteiger partial charge < -0.3 is 14.0 Å². The zero-order valence-electron chi connectivity index (χ0n) is 14.8. The number of rotatable bonds is 4. The van der Waals surface area contributed by atoms with E-state index in [0.29, 0.717) is 0 Å². The number of ether oxygens (including phenoxy) is 2. The molecule has 2 aromatic rings. The normalized spacial score (nSPS) is 18.0. The molecule has 3 heterocycles. The van der Waals surface area contributed by atoms with Crippen molar-refractivity contribution >= 4 is 34.3 Å². The molecule has 2 aliphatic rings. The summed E-state index contributed by atoms with van der Waals surface area (Å²) in [5.74, 6) is -1.91. The smallest absolute Gasteiger partial charge is 0.353 e. The van der Waals surface area contributed by atoms with E-state index in [1.807, 2.05) is 30.3 Å². The number of aliphatic imine (C=N–C) groups is 1. The molecule has 134 valence electrons. The molecule has 0 N–H and O–H groups in total. The van der Waals surface area contributed by atoms with Gasteiger partial charge in [-0.3, -0.25) is 4.79 Å². The number of nitrogens with zero attached hydrogens (tertiary/aromatic N) is 2. The van der Waals surface area contributed by atoms with E-state index in [-0.39, 0.29) is 18.9 Å². The number of fused-ring (bicyclic) bond motifs is 3. The molecule has 0 aliphatic carbocycles. The van der Waals surface area contributed by atoms with E-state index >= 15 is 0 Å². The molecule has 0 bridgehead atoms. The van der Waals surface area contributed by atoms with Crippen LogP contribution in [0.15, 0.2) is 35.3 Å². The lowest BCUT2D eigenvalue weighted by Gasteiger charge is -2.26. The molecule has 26 heavy (non-hydrogen) atoms. The van der Waals surface area contributed by atoms with Gasteiger partial charge in [-0.05, 0) is 26.3 Å². The van der Waals surface area contributed by atoms with E-state index in [0.717, 1.165) is 40.8 Å². The third-order valence-corrected chi connectivity index (χ3v) is 4.75. The maximum atomic E-state index is 12.8. The summed E-state index contributed by atoms with van der Waals surface area (Å²) in [6.45, 7) is 4.76. The molecular formula is C20H20N2O4. The van der Waals surface area contributed by atoms with Crippen molar-refractivity contribution in [2.24, 2.45) is 4.99 Å². The molecule has 1 atom stereocenters. The summed E-state index contributed by atoms with van der Waals surface area (Å²) in [6, 6.07) is 7.92. The molecule has 0 saturated carbocycles. The molecule has 6 nitrogen and oxygen atoms in total. The second-order valence-corrected chi connectivity index (χ2v) is 6.21. The van der Waals surface area contributed by atoms with Crippen LogP contribution in [0.4, 0.5) is 0 Å². The van der Waals surface area contributed by atoms with E-state index in [9.17, 15) is 9.59 Å². The predicted octanol–water partition coefficient (Wildman–Crippen LogP) is 3.05. The van der Waals surface area contributed by atoms with Crippen LogP contribution in [0.25, 0.3) is 16.6 Å².